The number of guanidine groups is 1. The molecule has 1 N–H and O–H groups in total. The van der Waals surface area contributed by atoms with Crippen molar-refractivity contribution in [1.82, 2.24) is 19.6 Å². The van der Waals surface area contributed by atoms with Crippen LogP contribution in [0.15, 0.2) is 53.8 Å². The number of aromatic nitrogens is 2. The summed E-state index contributed by atoms with van der Waals surface area (Å²) in [6.45, 7) is 4.13. The maximum absolute atomic E-state index is 5.80. The Morgan fingerprint density at radius 3 is 2.60 bits per heavy atom. The Hall–Kier alpha value is -2.49. The first-order valence-electron chi connectivity index (χ1n) is 9.72. The highest BCUT2D eigenvalue weighted by atomic mass is 127. The van der Waals surface area contributed by atoms with Gasteiger partial charge in [-0.1, -0.05) is 6.07 Å². The Balaban J connectivity index is 0.00000320. The lowest BCUT2D eigenvalue weighted by molar-refractivity contribution is 0.281. The highest BCUT2D eigenvalue weighted by Gasteiger charge is 2.08. The van der Waals surface area contributed by atoms with Gasteiger partial charge in [0.2, 0.25) is 0 Å². The van der Waals surface area contributed by atoms with Crippen LogP contribution in [0.25, 0.3) is 5.65 Å². The van der Waals surface area contributed by atoms with Crippen LogP contribution in [-0.4, -0.2) is 61.1 Å². The second-order valence-corrected chi connectivity index (χ2v) is 6.82. The van der Waals surface area contributed by atoms with Gasteiger partial charge in [0.15, 0.2) is 5.96 Å². The first kappa shape index (κ1) is 23.8. The van der Waals surface area contributed by atoms with Gasteiger partial charge in [0, 0.05) is 39.5 Å². The van der Waals surface area contributed by atoms with Crippen molar-refractivity contribution in [3.05, 3.63) is 60.0 Å². The lowest BCUT2D eigenvalue weighted by Crippen LogP contribution is -2.41. The summed E-state index contributed by atoms with van der Waals surface area (Å²) in [6.07, 6.45) is 4.94. The number of pyridine rings is 1. The molecule has 1 aromatic carbocycles. The van der Waals surface area contributed by atoms with Crippen molar-refractivity contribution < 1.29 is 9.47 Å². The molecule has 0 saturated carbocycles. The number of nitrogens with one attached hydrogen (secondary N) is 1. The number of nitrogens with zero attached hydrogens (tertiary/aromatic N) is 4. The zero-order valence-electron chi connectivity index (χ0n) is 18.0. The van der Waals surface area contributed by atoms with Crippen LogP contribution in [0.3, 0.4) is 0 Å². The van der Waals surface area contributed by atoms with Crippen LogP contribution in [0, 0.1) is 6.92 Å². The van der Waals surface area contributed by atoms with E-state index in [9.17, 15) is 0 Å². The molecule has 0 saturated heterocycles. The van der Waals surface area contributed by atoms with Crippen molar-refractivity contribution in [3.8, 4) is 11.5 Å². The summed E-state index contributed by atoms with van der Waals surface area (Å²) in [4.78, 5) is 11.1. The lowest BCUT2D eigenvalue weighted by Gasteiger charge is -2.22. The molecule has 0 radical (unpaired) electrons. The predicted octanol–water partition coefficient (Wildman–Crippen LogP) is 3.40. The van der Waals surface area contributed by atoms with Crippen molar-refractivity contribution in [2.75, 3.05) is 40.9 Å². The molecule has 0 fully saturated rings. The van der Waals surface area contributed by atoms with Crippen molar-refractivity contribution >= 4 is 35.6 Å². The number of ether oxygens (including phenoxy) is 2. The van der Waals surface area contributed by atoms with E-state index < -0.39 is 0 Å². The third-order valence-corrected chi connectivity index (χ3v) is 4.72. The zero-order chi connectivity index (χ0) is 20.6. The summed E-state index contributed by atoms with van der Waals surface area (Å²) >= 11 is 0. The highest BCUT2D eigenvalue weighted by molar-refractivity contribution is 14.0. The summed E-state index contributed by atoms with van der Waals surface area (Å²) in [6, 6.07) is 11.7. The molecule has 0 spiro atoms. The molecule has 0 aliphatic heterocycles. The number of benzene rings is 1. The number of rotatable bonds is 8. The topological polar surface area (TPSA) is 63.4 Å². The Kier molecular flexibility index (Phi) is 9.22. The van der Waals surface area contributed by atoms with Crippen molar-refractivity contribution in [1.29, 1.82) is 0 Å². The number of fused-ring (bicyclic) bond motifs is 1. The van der Waals surface area contributed by atoms with E-state index in [0.29, 0.717) is 6.61 Å². The molecule has 8 heteroatoms. The number of imidazole rings is 1. The Labute approximate surface area is 195 Å². The third-order valence-electron chi connectivity index (χ3n) is 4.72. The normalized spacial score (nSPS) is 11.1. The lowest BCUT2D eigenvalue weighted by atomic mass is 10.3. The summed E-state index contributed by atoms with van der Waals surface area (Å²) in [5.74, 6) is 2.48. The average Bonchev–Trinajstić information content (AvgIpc) is 3.16. The summed E-state index contributed by atoms with van der Waals surface area (Å²) < 4.78 is 13.0. The van der Waals surface area contributed by atoms with Gasteiger partial charge in [-0.05, 0) is 42.8 Å². The SMILES string of the molecule is CN=C(NCCc1cn2cccc(C)c2n1)N(C)CCOc1ccc(OC)cc1.I. The number of aryl methyl sites for hydroxylation is 1. The van der Waals surface area contributed by atoms with Gasteiger partial charge in [0.1, 0.15) is 23.8 Å². The minimum atomic E-state index is 0. The molecule has 2 aromatic heterocycles. The van der Waals surface area contributed by atoms with Crippen LogP contribution < -0.4 is 14.8 Å². The van der Waals surface area contributed by atoms with Gasteiger partial charge >= 0.3 is 0 Å². The molecule has 162 valence electrons. The van der Waals surface area contributed by atoms with Gasteiger partial charge in [-0.2, -0.15) is 0 Å². The van der Waals surface area contributed by atoms with E-state index in [1.807, 2.05) is 43.6 Å². The van der Waals surface area contributed by atoms with Crippen LogP contribution in [0.1, 0.15) is 11.3 Å². The van der Waals surface area contributed by atoms with Crippen LogP contribution in [0.2, 0.25) is 0 Å². The molecule has 2 heterocycles. The molecule has 30 heavy (non-hydrogen) atoms. The molecular weight excluding hydrogens is 493 g/mol. The van der Waals surface area contributed by atoms with Crippen LogP contribution in [-0.2, 0) is 6.42 Å². The summed E-state index contributed by atoms with van der Waals surface area (Å²) in [7, 11) is 5.44. The van der Waals surface area contributed by atoms with Crippen molar-refractivity contribution in [2.45, 2.75) is 13.3 Å². The summed E-state index contributed by atoms with van der Waals surface area (Å²) in [5, 5.41) is 3.39. The fourth-order valence-corrected chi connectivity index (χ4v) is 3.09. The summed E-state index contributed by atoms with van der Waals surface area (Å²) in [5.41, 5.74) is 3.26. The van der Waals surface area contributed by atoms with E-state index in [-0.39, 0.29) is 24.0 Å². The average molecular weight is 523 g/mol. The van der Waals surface area contributed by atoms with Gasteiger partial charge in [-0.15, -0.1) is 24.0 Å². The molecule has 0 atom stereocenters. The molecule has 3 aromatic rings. The van der Waals surface area contributed by atoms with Crippen molar-refractivity contribution in [3.63, 3.8) is 0 Å². The largest absolute Gasteiger partial charge is 0.497 e. The van der Waals surface area contributed by atoms with Crippen molar-refractivity contribution in [2.24, 2.45) is 4.99 Å². The standard InChI is InChI=1S/C22H29N5O2.HI/c1-17-6-5-13-27-16-18(25-21(17)27)11-12-24-22(23-2)26(3)14-15-29-20-9-7-19(28-4)8-10-20;/h5-10,13,16H,11-12,14-15H2,1-4H3,(H,23,24);1H. The van der Waals surface area contributed by atoms with E-state index in [4.69, 9.17) is 14.5 Å². The first-order chi connectivity index (χ1) is 14.1. The highest BCUT2D eigenvalue weighted by Crippen LogP contribution is 2.16. The molecule has 0 bridgehead atoms. The molecule has 0 amide bonds. The monoisotopic (exact) mass is 523 g/mol. The first-order valence-corrected chi connectivity index (χ1v) is 9.72. The number of halogens is 1. The number of aliphatic imine (C=N–C) groups is 1. The molecule has 0 aliphatic carbocycles. The minimum absolute atomic E-state index is 0. The molecule has 3 rings (SSSR count). The Morgan fingerprint density at radius 2 is 1.93 bits per heavy atom. The second kappa shape index (κ2) is 11.6. The zero-order valence-corrected chi connectivity index (χ0v) is 20.3. The predicted molar refractivity (Wildman–Crippen MR) is 132 cm³/mol. The molecule has 0 aliphatic rings. The van der Waals surface area contributed by atoms with Gasteiger partial charge < -0.3 is 24.1 Å². The van der Waals surface area contributed by atoms with E-state index in [2.05, 4.69) is 38.8 Å². The fourth-order valence-electron chi connectivity index (χ4n) is 3.09. The van der Waals surface area contributed by atoms with Crippen LogP contribution in [0.4, 0.5) is 0 Å². The van der Waals surface area contributed by atoms with Gasteiger partial charge in [-0.25, -0.2) is 4.98 Å². The van der Waals surface area contributed by atoms with E-state index in [0.717, 1.165) is 48.3 Å². The number of likely N-dealkylation sites (N-methyl/N-ethyl adjacent to an activating group) is 1. The quantitative estimate of drug-likeness (QED) is 0.279. The minimum Gasteiger partial charge on any atom is -0.497 e. The molecular formula is C22H30IN5O2. The number of methoxy groups -OCH3 is 1. The van der Waals surface area contributed by atoms with Gasteiger partial charge in [0.05, 0.1) is 19.3 Å². The Bertz CT molecular complexity index is 956. The number of hydrogen-bond acceptors (Lipinski definition) is 4. The van der Waals surface area contributed by atoms with E-state index >= 15 is 0 Å². The van der Waals surface area contributed by atoms with Crippen LogP contribution in [0.5, 0.6) is 11.5 Å². The number of hydrogen-bond donors (Lipinski definition) is 1. The molecule has 0 unspecified atom stereocenters. The Morgan fingerprint density at radius 1 is 1.20 bits per heavy atom. The second-order valence-electron chi connectivity index (χ2n) is 6.82. The van der Waals surface area contributed by atoms with Gasteiger partial charge in [-0.3, -0.25) is 4.99 Å². The fraction of sp³-hybridized carbons (Fsp3) is 0.364. The third kappa shape index (κ3) is 6.25. The maximum Gasteiger partial charge on any atom is 0.193 e. The van der Waals surface area contributed by atoms with E-state index in [1.165, 1.54) is 5.56 Å². The van der Waals surface area contributed by atoms with Crippen LogP contribution >= 0.6 is 24.0 Å². The molecule has 7 nitrogen and oxygen atoms in total. The maximum atomic E-state index is 5.80. The van der Waals surface area contributed by atoms with Gasteiger partial charge in [0.25, 0.3) is 0 Å². The smallest absolute Gasteiger partial charge is 0.193 e. The van der Waals surface area contributed by atoms with E-state index in [1.54, 1.807) is 14.2 Å².